The monoisotopic (exact) mass is 308 g/mol. The molecule has 0 aliphatic rings. The molecule has 1 aromatic heterocycles. The lowest BCUT2D eigenvalue weighted by molar-refractivity contribution is 0.100. The minimum atomic E-state index is -0.503. The van der Waals surface area contributed by atoms with Crippen LogP contribution in [0.1, 0.15) is 10.4 Å². The van der Waals surface area contributed by atoms with Crippen LogP contribution in [-0.2, 0) is 0 Å². The van der Waals surface area contributed by atoms with Gasteiger partial charge in [0, 0.05) is 16.8 Å². The molecule has 3 aromatic rings. The van der Waals surface area contributed by atoms with Gasteiger partial charge in [0.1, 0.15) is 0 Å². The summed E-state index contributed by atoms with van der Waals surface area (Å²) in [4.78, 5) is 16.4. The number of primary amides is 1. The number of carbonyl (C=O) groups excluding carboxylic acids is 1. The number of halogens is 1. The summed E-state index contributed by atoms with van der Waals surface area (Å²) in [6, 6.07) is 18.6. The summed E-state index contributed by atoms with van der Waals surface area (Å²) in [6.45, 7) is 0. The molecule has 0 aliphatic heterocycles. The van der Waals surface area contributed by atoms with Gasteiger partial charge in [-0.3, -0.25) is 9.78 Å². The van der Waals surface area contributed by atoms with Crippen LogP contribution in [0.25, 0.3) is 22.4 Å². The third kappa shape index (κ3) is 2.71. The van der Waals surface area contributed by atoms with Crippen molar-refractivity contribution in [2.24, 2.45) is 5.73 Å². The number of benzene rings is 2. The number of hydrogen-bond donors (Lipinski definition) is 1. The molecule has 0 saturated carbocycles. The molecule has 0 bridgehead atoms. The molecule has 1 amide bonds. The van der Waals surface area contributed by atoms with Crippen molar-refractivity contribution in [2.75, 3.05) is 0 Å². The SMILES string of the molecule is NC(=O)c1c(-c2ccc(Cl)cc2)ccnc1-c1ccccc1. The average Bonchev–Trinajstić information content (AvgIpc) is 2.55. The average molecular weight is 309 g/mol. The maximum Gasteiger partial charge on any atom is 0.251 e. The Hall–Kier alpha value is -2.65. The van der Waals surface area contributed by atoms with Gasteiger partial charge in [0.15, 0.2) is 0 Å². The van der Waals surface area contributed by atoms with Gasteiger partial charge in [-0.2, -0.15) is 0 Å². The van der Waals surface area contributed by atoms with Gasteiger partial charge < -0.3 is 5.73 Å². The first-order valence-corrected chi connectivity index (χ1v) is 7.15. The van der Waals surface area contributed by atoms with E-state index in [1.54, 1.807) is 24.4 Å². The van der Waals surface area contributed by atoms with Crippen molar-refractivity contribution in [3.05, 3.63) is 77.4 Å². The van der Waals surface area contributed by atoms with Crippen molar-refractivity contribution >= 4 is 17.5 Å². The molecule has 0 unspecified atom stereocenters. The second-order valence-corrected chi connectivity index (χ2v) is 5.26. The first-order chi connectivity index (χ1) is 10.7. The largest absolute Gasteiger partial charge is 0.366 e. The summed E-state index contributed by atoms with van der Waals surface area (Å²) in [5.41, 5.74) is 9.09. The molecule has 0 atom stereocenters. The molecule has 0 fully saturated rings. The number of nitrogens with zero attached hydrogens (tertiary/aromatic N) is 1. The fourth-order valence-corrected chi connectivity index (χ4v) is 2.52. The van der Waals surface area contributed by atoms with Gasteiger partial charge in [-0.25, -0.2) is 0 Å². The van der Waals surface area contributed by atoms with Gasteiger partial charge in [-0.15, -0.1) is 0 Å². The van der Waals surface area contributed by atoms with Crippen LogP contribution in [0.4, 0.5) is 0 Å². The van der Waals surface area contributed by atoms with Gasteiger partial charge in [0.25, 0.3) is 5.91 Å². The summed E-state index contributed by atoms with van der Waals surface area (Å²) in [5, 5.41) is 0.640. The number of hydrogen-bond acceptors (Lipinski definition) is 2. The second-order valence-electron chi connectivity index (χ2n) is 4.82. The van der Waals surface area contributed by atoms with E-state index in [1.807, 2.05) is 42.5 Å². The number of aromatic nitrogens is 1. The fourth-order valence-electron chi connectivity index (χ4n) is 2.40. The highest BCUT2D eigenvalue weighted by Crippen LogP contribution is 2.31. The Balaban J connectivity index is 2.24. The van der Waals surface area contributed by atoms with Gasteiger partial charge >= 0.3 is 0 Å². The van der Waals surface area contributed by atoms with Crippen molar-refractivity contribution < 1.29 is 4.79 Å². The Morgan fingerprint density at radius 2 is 1.59 bits per heavy atom. The molecule has 2 N–H and O–H groups in total. The maximum atomic E-state index is 12.0. The van der Waals surface area contributed by atoms with E-state index >= 15 is 0 Å². The van der Waals surface area contributed by atoms with Gasteiger partial charge in [-0.05, 0) is 29.3 Å². The van der Waals surface area contributed by atoms with Gasteiger partial charge in [-0.1, -0.05) is 54.1 Å². The van der Waals surface area contributed by atoms with Crippen molar-refractivity contribution in [1.82, 2.24) is 4.98 Å². The minimum absolute atomic E-state index is 0.413. The number of amides is 1. The molecule has 1 heterocycles. The standard InChI is InChI=1S/C18H13ClN2O/c19-14-8-6-12(7-9-14)15-10-11-21-17(16(15)18(20)22)13-4-2-1-3-5-13/h1-11H,(H2,20,22). The zero-order valence-corrected chi connectivity index (χ0v) is 12.4. The third-order valence-corrected chi connectivity index (χ3v) is 3.65. The van der Waals surface area contributed by atoms with E-state index in [0.29, 0.717) is 16.3 Å². The highest BCUT2D eigenvalue weighted by molar-refractivity contribution is 6.30. The van der Waals surface area contributed by atoms with Crippen molar-refractivity contribution in [1.29, 1.82) is 0 Å². The third-order valence-electron chi connectivity index (χ3n) is 3.40. The lowest BCUT2D eigenvalue weighted by Crippen LogP contribution is -2.15. The van der Waals surface area contributed by atoms with Crippen molar-refractivity contribution in [3.63, 3.8) is 0 Å². The first-order valence-electron chi connectivity index (χ1n) is 6.77. The normalized spacial score (nSPS) is 10.4. The van der Waals surface area contributed by atoms with Gasteiger partial charge in [0.05, 0.1) is 11.3 Å². The van der Waals surface area contributed by atoms with Crippen LogP contribution in [0, 0.1) is 0 Å². The number of pyridine rings is 1. The molecule has 0 aliphatic carbocycles. The van der Waals surface area contributed by atoms with Crippen molar-refractivity contribution in [2.45, 2.75) is 0 Å². The van der Waals surface area contributed by atoms with Crippen LogP contribution in [0.5, 0.6) is 0 Å². The summed E-state index contributed by atoms with van der Waals surface area (Å²) in [7, 11) is 0. The molecule has 0 spiro atoms. The van der Waals surface area contributed by atoms with Crippen LogP contribution in [0.2, 0.25) is 5.02 Å². The molecule has 0 saturated heterocycles. The van der Waals surface area contributed by atoms with Crippen molar-refractivity contribution in [3.8, 4) is 22.4 Å². The van der Waals surface area contributed by atoms with Crippen LogP contribution in [-0.4, -0.2) is 10.9 Å². The molecule has 3 rings (SSSR count). The highest BCUT2D eigenvalue weighted by atomic mass is 35.5. The zero-order valence-electron chi connectivity index (χ0n) is 11.7. The molecule has 0 radical (unpaired) electrons. The van der Waals surface area contributed by atoms with E-state index in [1.165, 1.54) is 0 Å². The molecular formula is C18H13ClN2O. The Bertz CT molecular complexity index is 814. The minimum Gasteiger partial charge on any atom is -0.366 e. The summed E-state index contributed by atoms with van der Waals surface area (Å²) in [5.74, 6) is -0.503. The number of carbonyl (C=O) groups is 1. The molecule has 3 nitrogen and oxygen atoms in total. The Labute approximate surface area is 133 Å². The lowest BCUT2D eigenvalue weighted by Gasteiger charge is -2.12. The second kappa shape index (κ2) is 6.00. The molecule has 4 heteroatoms. The predicted octanol–water partition coefficient (Wildman–Crippen LogP) is 4.17. The molecular weight excluding hydrogens is 296 g/mol. The first kappa shape index (κ1) is 14.3. The lowest BCUT2D eigenvalue weighted by atomic mass is 9.96. The molecule has 22 heavy (non-hydrogen) atoms. The van der Waals surface area contributed by atoms with Gasteiger partial charge in [0.2, 0.25) is 0 Å². The predicted molar refractivity (Wildman–Crippen MR) is 88.6 cm³/mol. The van der Waals surface area contributed by atoms with Crippen LogP contribution in [0.3, 0.4) is 0 Å². The maximum absolute atomic E-state index is 12.0. The van der Waals surface area contributed by atoms with E-state index in [0.717, 1.165) is 16.7 Å². The summed E-state index contributed by atoms with van der Waals surface area (Å²) in [6.07, 6.45) is 1.68. The highest BCUT2D eigenvalue weighted by Gasteiger charge is 2.17. The summed E-state index contributed by atoms with van der Waals surface area (Å²) >= 11 is 5.92. The van der Waals surface area contributed by atoms with E-state index in [4.69, 9.17) is 17.3 Å². The smallest absolute Gasteiger partial charge is 0.251 e. The Kier molecular flexibility index (Phi) is 3.90. The quantitative estimate of drug-likeness (QED) is 0.789. The number of nitrogens with two attached hydrogens (primary N) is 1. The van der Waals surface area contributed by atoms with Crippen LogP contribution >= 0.6 is 11.6 Å². The van der Waals surface area contributed by atoms with Crippen LogP contribution in [0.15, 0.2) is 66.9 Å². The van der Waals surface area contributed by atoms with E-state index in [-0.39, 0.29) is 0 Å². The van der Waals surface area contributed by atoms with E-state index < -0.39 is 5.91 Å². The molecule has 108 valence electrons. The summed E-state index contributed by atoms with van der Waals surface area (Å²) < 4.78 is 0. The molecule has 2 aromatic carbocycles. The van der Waals surface area contributed by atoms with E-state index in [2.05, 4.69) is 4.98 Å². The van der Waals surface area contributed by atoms with E-state index in [9.17, 15) is 4.79 Å². The zero-order chi connectivity index (χ0) is 15.5. The van der Waals surface area contributed by atoms with Crippen LogP contribution < -0.4 is 5.73 Å². The topological polar surface area (TPSA) is 56.0 Å². The fraction of sp³-hybridized carbons (Fsp3) is 0. The number of rotatable bonds is 3. The Morgan fingerprint density at radius 1 is 0.909 bits per heavy atom. The Morgan fingerprint density at radius 3 is 2.23 bits per heavy atom.